The first-order chi connectivity index (χ1) is 8.77. The minimum absolute atomic E-state index is 0.409. The summed E-state index contributed by atoms with van der Waals surface area (Å²) in [7, 11) is -3.22. The Morgan fingerprint density at radius 3 is 2.47 bits per heavy atom. The summed E-state index contributed by atoms with van der Waals surface area (Å²) in [4.78, 5) is 0. The second-order valence-electron chi connectivity index (χ2n) is 5.86. The van der Waals surface area contributed by atoms with E-state index in [0.717, 1.165) is 18.4 Å². The van der Waals surface area contributed by atoms with Crippen LogP contribution in [0.25, 0.3) is 0 Å². The van der Waals surface area contributed by atoms with E-state index in [2.05, 4.69) is 17.6 Å². The summed E-state index contributed by atoms with van der Waals surface area (Å²) in [5, 5.41) is 0. The monoisotopic (exact) mass is 282 g/mol. The molecule has 4 nitrogen and oxygen atoms in total. The van der Waals surface area contributed by atoms with Gasteiger partial charge in [-0.1, -0.05) is 18.2 Å². The molecular formula is C14H22N2O2S. The van der Waals surface area contributed by atoms with Crippen LogP contribution in [0.15, 0.2) is 18.2 Å². The minimum Gasteiger partial charge on any atom is -0.271 e. The maximum atomic E-state index is 12.0. The molecule has 106 valence electrons. The number of benzene rings is 1. The Labute approximate surface area is 115 Å². The molecule has 19 heavy (non-hydrogen) atoms. The average Bonchev–Trinajstić information content (AvgIpc) is 2.75. The van der Waals surface area contributed by atoms with Gasteiger partial charge in [-0.3, -0.25) is 11.3 Å². The van der Waals surface area contributed by atoms with Gasteiger partial charge in [0.2, 0.25) is 0 Å². The van der Waals surface area contributed by atoms with Crippen molar-refractivity contribution < 1.29 is 8.42 Å². The molecule has 1 aromatic carbocycles. The molecule has 0 heterocycles. The molecule has 0 saturated carbocycles. The summed E-state index contributed by atoms with van der Waals surface area (Å²) in [6.45, 7) is 3.42. The lowest BCUT2D eigenvalue weighted by atomic mass is 9.93. The van der Waals surface area contributed by atoms with Crippen LogP contribution in [0.1, 0.15) is 43.0 Å². The lowest BCUT2D eigenvalue weighted by Crippen LogP contribution is -2.47. The second-order valence-corrected chi connectivity index (χ2v) is 8.45. The van der Waals surface area contributed by atoms with Crippen molar-refractivity contribution in [2.24, 2.45) is 5.84 Å². The smallest absolute Gasteiger partial charge is 0.154 e. The van der Waals surface area contributed by atoms with Crippen LogP contribution in [-0.2, 0) is 22.7 Å². The van der Waals surface area contributed by atoms with Crippen molar-refractivity contribution in [1.82, 2.24) is 5.43 Å². The Bertz CT molecular complexity index is 579. The van der Waals surface area contributed by atoms with Gasteiger partial charge in [0.25, 0.3) is 0 Å². The van der Waals surface area contributed by atoms with Crippen molar-refractivity contribution in [1.29, 1.82) is 0 Å². The first kappa shape index (κ1) is 14.5. The van der Waals surface area contributed by atoms with E-state index in [1.54, 1.807) is 13.8 Å². The normalized spacial score (nSPS) is 17.3. The number of aryl methyl sites for hydroxylation is 2. The third-order valence-electron chi connectivity index (χ3n) is 4.27. The van der Waals surface area contributed by atoms with Gasteiger partial charge in [-0.05, 0) is 49.8 Å². The Hall–Kier alpha value is -0.910. The molecule has 3 N–H and O–H groups in total. The first-order valence-electron chi connectivity index (χ1n) is 6.55. The van der Waals surface area contributed by atoms with E-state index < -0.39 is 20.6 Å². The summed E-state index contributed by atoms with van der Waals surface area (Å²) < 4.78 is 23.0. The van der Waals surface area contributed by atoms with Crippen molar-refractivity contribution in [2.45, 2.75) is 43.9 Å². The number of fused-ring (bicyclic) bond motifs is 1. The molecule has 1 unspecified atom stereocenters. The van der Waals surface area contributed by atoms with Crippen LogP contribution >= 0.6 is 0 Å². The maximum absolute atomic E-state index is 12.0. The number of nitrogens with one attached hydrogen (secondary N) is 1. The zero-order chi connectivity index (χ0) is 14.3. The number of sulfone groups is 1. The van der Waals surface area contributed by atoms with Gasteiger partial charge in [-0.15, -0.1) is 0 Å². The summed E-state index contributed by atoms with van der Waals surface area (Å²) >= 11 is 0. The van der Waals surface area contributed by atoms with Gasteiger partial charge in [-0.2, -0.15) is 0 Å². The highest BCUT2D eigenvalue weighted by Gasteiger charge is 2.39. The topological polar surface area (TPSA) is 72.2 Å². The zero-order valence-corrected chi connectivity index (χ0v) is 12.5. The fraction of sp³-hybridized carbons (Fsp3) is 0.571. The molecule has 2 rings (SSSR count). The average molecular weight is 282 g/mol. The molecule has 0 radical (unpaired) electrons. The van der Waals surface area contributed by atoms with Crippen molar-refractivity contribution in [3.8, 4) is 0 Å². The highest BCUT2D eigenvalue weighted by atomic mass is 32.2. The summed E-state index contributed by atoms with van der Waals surface area (Å²) in [5.41, 5.74) is 6.31. The van der Waals surface area contributed by atoms with E-state index in [4.69, 9.17) is 5.84 Å². The lowest BCUT2D eigenvalue weighted by molar-refractivity contribution is 0.427. The van der Waals surface area contributed by atoms with Gasteiger partial charge in [0.1, 0.15) is 0 Å². The van der Waals surface area contributed by atoms with E-state index in [9.17, 15) is 8.42 Å². The number of hydrazine groups is 1. The zero-order valence-electron chi connectivity index (χ0n) is 11.7. The molecule has 1 aromatic rings. The molecule has 0 fully saturated rings. The number of rotatable bonds is 4. The molecule has 0 aliphatic heterocycles. The summed E-state index contributed by atoms with van der Waals surface area (Å²) in [6, 6.07) is 5.77. The SMILES string of the molecule is CC(C)(C(NN)c1ccc2c(c1)CCC2)S(C)(=O)=O. The molecule has 5 heteroatoms. The van der Waals surface area contributed by atoms with Gasteiger partial charge in [0.05, 0.1) is 10.8 Å². The van der Waals surface area contributed by atoms with Gasteiger partial charge < -0.3 is 0 Å². The summed E-state index contributed by atoms with van der Waals surface area (Å²) in [5.74, 6) is 5.62. The van der Waals surface area contributed by atoms with Crippen LogP contribution in [0.4, 0.5) is 0 Å². The Morgan fingerprint density at radius 2 is 1.89 bits per heavy atom. The molecule has 1 aliphatic carbocycles. The molecule has 0 spiro atoms. The molecule has 1 atom stereocenters. The Balaban J connectivity index is 2.43. The van der Waals surface area contributed by atoms with Gasteiger partial charge in [-0.25, -0.2) is 8.42 Å². The standard InChI is InChI=1S/C14H22N2O2S/c1-14(2,19(3,17)18)13(16-15)12-8-7-10-5-4-6-11(10)9-12/h7-9,13,16H,4-6,15H2,1-3H3. The molecule has 0 aromatic heterocycles. The van der Waals surface area contributed by atoms with E-state index >= 15 is 0 Å². The highest BCUT2D eigenvalue weighted by molar-refractivity contribution is 7.92. The minimum atomic E-state index is -3.22. The first-order valence-corrected chi connectivity index (χ1v) is 8.44. The molecule has 0 bridgehead atoms. The largest absolute Gasteiger partial charge is 0.271 e. The van der Waals surface area contributed by atoms with Crippen LogP contribution in [0.3, 0.4) is 0 Å². The van der Waals surface area contributed by atoms with Crippen LogP contribution in [-0.4, -0.2) is 19.4 Å². The molecule has 0 saturated heterocycles. The van der Waals surface area contributed by atoms with Crippen molar-refractivity contribution in [2.75, 3.05) is 6.26 Å². The fourth-order valence-corrected chi connectivity index (χ4v) is 3.32. The van der Waals surface area contributed by atoms with Gasteiger partial charge in [0, 0.05) is 6.26 Å². The molecule has 0 amide bonds. The third-order valence-corrected chi connectivity index (χ3v) is 6.42. The number of hydrogen-bond donors (Lipinski definition) is 2. The lowest BCUT2D eigenvalue weighted by Gasteiger charge is -2.32. The Kier molecular flexibility index (Phi) is 3.73. The predicted molar refractivity (Wildman–Crippen MR) is 77.5 cm³/mol. The maximum Gasteiger partial charge on any atom is 0.154 e. The van der Waals surface area contributed by atoms with E-state index in [0.29, 0.717) is 0 Å². The second kappa shape index (κ2) is 4.89. The van der Waals surface area contributed by atoms with Crippen molar-refractivity contribution in [3.63, 3.8) is 0 Å². The van der Waals surface area contributed by atoms with E-state index in [1.807, 2.05) is 6.07 Å². The quantitative estimate of drug-likeness (QED) is 0.648. The number of hydrogen-bond acceptors (Lipinski definition) is 4. The fourth-order valence-electron chi connectivity index (χ4n) is 2.68. The Morgan fingerprint density at radius 1 is 1.26 bits per heavy atom. The number of nitrogens with two attached hydrogens (primary N) is 1. The predicted octanol–water partition coefficient (Wildman–Crippen LogP) is 1.50. The third kappa shape index (κ3) is 2.55. The van der Waals surface area contributed by atoms with Crippen LogP contribution < -0.4 is 11.3 Å². The molecule has 1 aliphatic rings. The molecular weight excluding hydrogens is 260 g/mol. The van der Waals surface area contributed by atoms with Crippen LogP contribution in [0, 0.1) is 0 Å². The summed E-state index contributed by atoms with van der Waals surface area (Å²) in [6.07, 6.45) is 4.62. The van der Waals surface area contributed by atoms with Crippen LogP contribution in [0.5, 0.6) is 0 Å². The van der Waals surface area contributed by atoms with Crippen molar-refractivity contribution >= 4 is 9.84 Å². The highest BCUT2D eigenvalue weighted by Crippen LogP contribution is 2.34. The van der Waals surface area contributed by atoms with Crippen LogP contribution in [0.2, 0.25) is 0 Å². The van der Waals surface area contributed by atoms with E-state index in [-0.39, 0.29) is 0 Å². The van der Waals surface area contributed by atoms with Crippen molar-refractivity contribution in [3.05, 3.63) is 34.9 Å². The van der Waals surface area contributed by atoms with Gasteiger partial charge >= 0.3 is 0 Å². The van der Waals surface area contributed by atoms with Gasteiger partial charge in [0.15, 0.2) is 9.84 Å². The van der Waals surface area contributed by atoms with E-state index in [1.165, 1.54) is 23.8 Å².